The lowest BCUT2D eigenvalue weighted by Gasteiger charge is -2.30. The second-order valence-electron chi connectivity index (χ2n) is 5.61. The van der Waals surface area contributed by atoms with Gasteiger partial charge in [-0.1, -0.05) is 6.92 Å². The van der Waals surface area contributed by atoms with Gasteiger partial charge in [0.15, 0.2) is 0 Å². The Kier molecular flexibility index (Phi) is 4.59. The molecule has 1 fully saturated rings. The molecule has 0 unspecified atom stereocenters. The predicted octanol–water partition coefficient (Wildman–Crippen LogP) is 1.76. The van der Waals surface area contributed by atoms with Crippen LogP contribution in [0.15, 0.2) is 0 Å². The van der Waals surface area contributed by atoms with Gasteiger partial charge in [0, 0.05) is 6.54 Å². The van der Waals surface area contributed by atoms with E-state index < -0.39 is 5.60 Å². The number of hydrogen-bond donors (Lipinski definition) is 2. The van der Waals surface area contributed by atoms with Crippen LogP contribution in [0.4, 0.5) is 4.79 Å². The summed E-state index contributed by atoms with van der Waals surface area (Å²) in [4.78, 5) is 11.5. The molecule has 2 N–H and O–H groups in total. The molecule has 0 aromatic heterocycles. The zero-order valence-electron chi connectivity index (χ0n) is 10.8. The first kappa shape index (κ1) is 13.3. The Labute approximate surface area is 98.1 Å². The van der Waals surface area contributed by atoms with E-state index in [9.17, 15) is 4.79 Å². The molecule has 0 radical (unpaired) electrons. The molecule has 4 nitrogen and oxygen atoms in total. The Hall–Kier alpha value is -0.770. The number of amides is 1. The molecule has 1 aliphatic rings. The summed E-state index contributed by atoms with van der Waals surface area (Å²) in [5.74, 6) is 1.18. The minimum atomic E-state index is -0.413. The van der Waals surface area contributed by atoms with Gasteiger partial charge in [-0.05, 0) is 52.1 Å². The summed E-state index contributed by atoms with van der Waals surface area (Å²) in [7, 11) is 0. The van der Waals surface area contributed by atoms with Crippen molar-refractivity contribution in [2.24, 2.45) is 11.8 Å². The van der Waals surface area contributed by atoms with Gasteiger partial charge in [-0.2, -0.15) is 0 Å². The number of ether oxygens (including phenoxy) is 1. The van der Waals surface area contributed by atoms with Gasteiger partial charge >= 0.3 is 6.09 Å². The van der Waals surface area contributed by atoms with Gasteiger partial charge in [-0.3, -0.25) is 0 Å². The van der Waals surface area contributed by atoms with Crippen molar-refractivity contribution in [2.45, 2.75) is 39.7 Å². The van der Waals surface area contributed by atoms with E-state index in [1.807, 2.05) is 20.8 Å². The summed E-state index contributed by atoms with van der Waals surface area (Å²) in [5, 5.41) is 6.20. The fraction of sp³-hybridized carbons (Fsp3) is 0.917. The van der Waals surface area contributed by atoms with Crippen LogP contribution >= 0.6 is 0 Å². The highest BCUT2D eigenvalue weighted by Gasteiger charge is 2.22. The van der Waals surface area contributed by atoms with Crippen molar-refractivity contribution < 1.29 is 9.53 Å². The number of piperidine rings is 1. The normalized spacial score (nSPS) is 26.2. The van der Waals surface area contributed by atoms with Crippen LogP contribution in [0.3, 0.4) is 0 Å². The monoisotopic (exact) mass is 228 g/mol. The first-order valence-electron chi connectivity index (χ1n) is 6.06. The maximum Gasteiger partial charge on any atom is 0.407 e. The molecule has 0 saturated carbocycles. The first-order chi connectivity index (χ1) is 7.38. The minimum absolute atomic E-state index is 0.307. The third-order valence-electron chi connectivity index (χ3n) is 2.87. The molecule has 0 aromatic rings. The third kappa shape index (κ3) is 4.84. The van der Waals surface area contributed by atoms with Crippen molar-refractivity contribution >= 4 is 6.09 Å². The number of nitrogens with one attached hydrogen (secondary N) is 2. The van der Waals surface area contributed by atoms with Crippen LogP contribution in [-0.4, -0.2) is 31.3 Å². The zero-order valence-corrected chi connectivity index (χ0v) is 10.8. The van der Waals surface area contributed by atoms with Crippen LogP contribution in [-0.2, 0) is 4.74 Å². The highest BCUT2D eigenvalue weighted by atomic mass is 16.6. The number of rotatable bonds is 2. The van der Waals surface area contributed by atoms with Crippen LogP contribution in [0.2, 0.25) is 0 Å². The van der Waals surface area contributed by atoms with Crippen molar-refractivity contribution in [3.63, 3.8) is 0 Å². The van der Waals surface area contributed by atoms with Gasteiger partial charge < -0.3 is 15.4 Å². The van der Waals surface area contributed by atoms with E-state index in [4.69, 9.17) is 4.74 Å². The molecule has 1 heterocycles. The van der Waals surface area contributed by atoms with Gasteiger partial charge in [0.25, 0.3) is 0 Å². The first-order valence-corrected chi connectivity index (χ1v) is 6.06. The van der Waals surface area contributed by atoms with E-state index in [0.717, 1.165) is 26.1 Å². The Morgan fingerprint density at radius 1 is 1.50 bits per heavy atom. The largest absolute Gasteiger partial charge is 0.444 e. The molecule has 0 spiro atoms. The molecule has 1 rings (SSSR count). The lowest BCUT2D eigenvalue weighted by Crippen LogP contribution is -2.42. The van der Waals surface area contributed by atoms with Crippen LogP contribution < -0.4 is 10.6 Å². The van der Waals surface area contributed by atoms with E-state index in [2.05, 4.69) is 17.6 Å². The zero-order chi connectivity index (χ0) is 12.2. The summed E-state index contributed by atoms with van der Waals surface area (Å²) in [6, 6.07) is 0. The molecular weight excluding hydrogens is 204 g/mol. The van der Waals surface area contributed by atoms with Crippen molar-refractivity contribution in [2.75, 3.05) is 19.6 Å². The van der Waals surface area contributed by atoms with Crippen molar-refractivity contribution in [1.29, 1.82) is 0 Å². The van der Waals surface area contributed by atoms with Gasteiger partial charge in [0.2, 0.25) is 0 Å². The molecule has 1 saturated heterocycles. The maximum absolute atomic E-state index is 11.5. The number of hydrogen-bond acceptors (Lipinski definition) is 3. The van der Waals surface area contributed by atoms with Gasteiger partial charge in [-0.15, -0.1) is 0 Å². The molecule has 4 heteroatoms. The van der Waals surface area contributed by atoms with Crippen LogP contribution in [0.25, 0.3) is 0 Å². The summed E-state index contributed by atoms with van der Waals surface area (Å²) in [6.45, 7) is 10.6. The standard InChI is InChI=1S/C12H24N2O2/c1-9-7-13-6-5-10(9)8-14-11(15)16-12(2,3)4/h9-10,13H,5-8H2,1-4H3,(H,14,15)/t9-,10-/m0/s1. The summed E-state index contributed by atoms with van der Waals surface area (Å²) < 4.78 is 5.20. The Bertz CT molecular complexity index is 236. The van der Waals surface area contributed by atoms with E-state index in [-0.39, 0.29) is 6.09 Å². The molecule has 0 bridgehead atoms. The summed E-state index contributed by atoms with van der Waals surface area (Å²) >= 11 is 0. The fourth-order valence-electron chi connectivity index (χ4n) is 1.90. The summed E-state index contributed by atoms with van der Waals surface area (Å²) in [6.07, 6.45) is 0.815. The quantitative estimate of drug-likeness (QED) is 0.757. The van der Waals surface area contributed by atoms with E-state index >= 15 is 0 Å². The molecule has 16 heavy (non-hydrogen) atoms. The number of alkyl carbamates (subject to hydrolysis) is 1. The van der Waals surface area contributed by atoms with E-state index in [0.29, 0.717) is 11.8 Å². The second kappa shape index (κ2) is 5.53. The van der Waals surface area contributed by atoms with Gasteiger partial charge in [0.1, 0.15) is 5.60 Å². The molecule has 2 atom stereocenters. The topological polar surface area (TPSA) is 50.4 Å². The predicted molar refractivity (Wildman–Crippen MR) is 64.4 cm³/mol. The molecule has 1 amide bonds. The van der Waals surface area contributed by atoms with E-state index in [1.165, 1.54) is 0 Å². The smallest absolute Gasteiger partial charge is 0.407 e. The number of carbonyl (C=O) groups is 1. The lowest BCUT2D eigenvalue weighted by molar-refractivity contribution is 0.0510. The highest BCUT2D eigenvalue weighted by molar-refractivity contribution is 5.67. The molecule has 0 aromatic carbocycles. The van der Waals surface area contributed by atoms with Crippen molar-refractivity contribution in [3.8, 4) is 0 Å². The molecular formula is C12H24N2O2. The lowest BCUT2D eigenvalue weighted by atomic mass is 9.88. The second-order valence-corrected chi connectivity index (χ2v) is 5.61. The Morgan fingerprint density at radius 2 is 2.19 bits per heavy atom. The SMILES string of the molecule is C[C@H]1CNCC[C@H]1CNC(=O)OC(C)(C)C. The van der Waals surface area contributed by atoms with Crippen molar-refractivity contribution in [1.82, 2.24) is 10.6 Å². The number of carbonyl (C=O) groups excluding carboxylic acids is 1. The van der Waals surface area contributed by atoms with Crippen LogP contribution in [0, 0.1) is 11.8 Å². The molecule has 1 aliphatic heterocycles. The fourth-order valence-corrected chi connectivity index (χ4v) is 1.90. The van der Waals surface area contributed by atoms with Gasteiger partial charge in [-0.25, -0.2) is 4.79 Å². The molecule has 0 aliphatic carbocycles. The summed E-state index contributed by atoms with van der Waals surface area (Å²) in [5.41, 5.74) is -0.413. The third-order valence-corrected chi connectivity index (χ3v) is 2.87. The van der Waals surface area contributed by atoms with E-state index in [1.54, 1.807) is 0 Å². The highest BCUT2D eigenvalue weighted by Crippen LogP contribution is 2.17. The van der Waals surface area contributed by atoms with Crippen molar-refractivity contribution in [3.05, 3.63) is 0 Å². The molecule has 94 valence electrons. The Balaban J connectivity index is 2.25. The van der Waals surface area contributed by atoms with Gasteiger partial charge in [0.05, 0.1) is 0 Å². The average Bonchev–Trinajstić information content (AvgIpc) is 2.14. The van der Waals surface area contributed by atoms with Crippen LogP contribution in [0.1, 0.15) is 34.1 Å². The average molecular weight is 228 g/mol. The Morgan fingerprint density at radius 3 is 2.75 bits per heavy atom. The maximum atomic E-state index is 11.5. The van der Waals surface area contributed by atoms with Crippen LogP contribution in [0.5, 0.6) is 0 Å². The minimum Gasteiger partial charge on any atom is -0.444 e.